The van der Waals surface area contributed by atoms with Crippen molar-refractivity contribution >= 4 is 34.6 Å². The van der Waals surface area contributed by atoms with E-state index in [1.54, 1.807) is 12.1 Å². The number of methoxy groups -OCH3 is 1. The van der Waals surface area contributed by atoms with Crippen molar-refractivity contribution in [1.29, 1.82) is 0 Å². The molecule has 3 aliphatic rings. The second-order valence-corrected chi connectivity index (χ2v) is 10.1. The number of fused-ring (bicyclic) bond motifs is 2. The van der Waals surface area contributed by atoms with Crippen LogP contribution < -0.4 is 20.3 Å². The Bertz CT molecular complexity index is 1510. The normalized spacial score (nSPS) is 21.5. The maximum Gasteiger partial charge on any atom is 0.322 e. The number of piperazine rings is 1. The van der Waals surface area contributed by atoms with E-state index in [9.17, 15) is 18.8 Å². The zero-order valence-electron chi connectivity index (χ0n) is 22.0. The number of furan rings is 1. The lowest BCUT2D eigenvalue weighted by atomic mass is 9.95. The van der Waals surface area contributed by atoms with Crippen molar-refractivity contribution in [2.75, 3.05) is 51.3 Å². The highest BCUT2D eigenvalue weighted by Gasteiger charge is 2.53. The van der Waals surface area contributed by atoms with Crippen molar-refractivity contribution in [2.24, 2.45) is 0 Å². The monoisotopic (exact) mass is 536 g/mol. The molecule has 2 fully saturated rings. The highest BCUT2D eigenvalue weighted by molar-refractivity contribution is 6.08. The van der Waals surface area contributed by atoms with Crippen molar-refractivity contribution in [3.8, 4) is 5.75 Å². The summed E-state index contributed by atoms with van der Waals surface area (Å²) in [7, 11) is 1.32. The van der Waals surface area contributed by atoms with Crippen LogP contribution in [-0.2, 0) is 16.9 Å². The van der Waals surface area contributed by atoms with Gasteiger partial charge in [0.05, 0.1) is 30.6 Å². The maximum absolute atomic E-state index is 14.9. The van der Waals surface area contributed by atoms with E-state index in [0.29, 0.717) is 16.7 Å². The molecule has 2 saturated heterocycles. The number of rotatable bonds is 6. The molecule has 6 rings (SSSR count). The van der Waals surface area contributed by atoms with Gasteiger partial charge in [0.25, 0.3) is 11.8 Å². The summed E-state index contributed by atoms with van der Waals surface area (Å²) >= 11 is 0. The molecular formula is C27H29FN6O5. The standard InChI is InChI=1S/C27H29FN6O5/c1-4-32-7-9-33(10-8-32)18-12-20-17(29-15(18)2)11-21(39-20)27(25(36)30-26(37)31-27)14-34-13-16-5-6-19(38-3)23(28)22(16)24(34)35/h5-6,11-12H,4,7-10,13-14H2,1-3H3,(H2,30,31,36,37)/t27-/m0/s1. The Labute approximate surface area is 223 Å². The fourth-order valence-electron chi connectivity index (χ4n) is 5.71. The number of hydrogen-bond acceptors (Lipinski definition) is 8. The smallest absolute Gasteiger partial charge is 0.322 e. The molecule has 2 aromatic heterocycles. The van der Waals surface area contributed by atoms with Gasteiger partial charge in [0, 0.05) is 44.9 Å². The van der Waals surface area contributed by atoms with Gasteiger partial charge in [-0.05, 0) is 25.1 Å². The fraction of sp³-hybridized carbons (Fsp3) is 0.407. The lowest BCUT2D eigenvalue weighted by Crippen LogP contribution is -2.52. The van der Waals surface area contributed by atoms with Crippen LogP contribution in [0.3, 0.4) is 0 Å². The van der Waals surface area contributed by atoms with Gasteiger partial charge in [0.15, 0.2) is 22.7 Å². The number of halogens is 1. The van der Waals surface area contributed by atoms with Crippen LogP contribution in [-0.4, -0.2) is 79.0 Å². The summed E-state index contributed by atoms with van der Waals surface area (Å²) in [6, 6.07) is 5.88. The summed E-state index contributed by atoms with van der Waals surface area (Å²) in [5, 5.41) is 4.92. The third kappa shape index (κ3) is 3.97. The molecule has 12 heteroatoms. The second kappa shape index (κ2) is 9.23. The molecule has 4 amide bonds. The molecule has 3 aliphatic heterocycles. The molecule has 5 heterocycles. The third-order valence-corrected chi connectivity index (χ3v) is 7.89. The highest BCUT2D eigenvalue weighted by atomic mass is 19.1. The Hall–Kier alpha value is -4.19. The van der Waals surface area contributed by atoms with Gasteiger partial charge in [-0.2, -0.15) is 0 Å². The number of carbonyl (C=O) groups is 3. The molecule has 0 radical (unpaired) electrons. The molecule has 1 aromatic carbocycles. The quantitative estimate of drug-likeness (QED) is 0.460. The lowest BCUT2D eigenvalue weighted by molar-refractivity contribution is -0.125. The number of urea groups is 1. The second-order valence-electron chi connectivity index (χ2n) is 10.1. The molecule has 1 atom stereocenters. The molecule has 39 heavy (non-hydrogen) atoms. The number of aryl methyl sites for hydroxylation is 1. The van der Waals surface area contributed by atoms with Gasteiger partial charge in [-0.25, -0.2) is 14.2 Å². The first-order valence-electron chi connectivity index (χ1n) is 12.9. The minimum Gasteiger partial charge on any atom is -0.494 e. The molecule has 204 valence electrons. The first kappa shape index (κ1) is 25.1. The maximum atomic E-state index is 14.9. The number of nitrogens with one attached hydrogen (secondary N) is 2. The Morgan fingerprint density at radius 3 is 2.59 bits per heavy atom. The van der Waals surface area contributed by atoms with Crippen LogP contribution in [0.25, 0.3) is 11.1 Å². The summed E-state index contributed by atoms with van der Waals surface area (Å²) in [5.74, 6) is -1.93. The van der Waals surface area contributed by atoms with E-state index in [-0.39, 0.29) is 30.2 Å². The molecule has 3 aromatic rings. The van der Waals surface area contributed by atoms with E-state index in [1.165, 1.54) is 18.1 Å². The Kier molecular flexibility index (Phi) is 5.94. The molecule has 0 aliphatic carbocycles. The van der Waals surface area contributed by atoms with Crippen molar-refractivity contribution in [3.63, 3.8) is 0 Å². The Balaban J connectivity index is 1.35. The van der Waals surface area contributed by atoms with Gasteiger partial charge in [0.2, 0.25) is 0 Å². The van der Waals surface area contributed by atoms with Gasteiger partial charge in [-0.15, -0.1) is 0 Å². The molecule has 0 saturated carbocycles. The van der Waals surface area contributed by atoms with Crippen molar-refractivity contribution in [2.45, 2.75) is 25.9 Å². The van der Waals surface area contributed by atoms with E-state index in [4.69, 9.17) is 14.1 Å². The van der Waals surface area contributed by atoms with Crippen molar-refractivity contribution < 1.29 is 27.9 Å². The van der Waals surface area contributed by atoms with Gasteiger partial charge in [-0.3, -0.25) is 14.9 Å². The molecule has 0 spiro atoms. The van der Waals surface area contributed by atoms with Crippen LogP contribution in [0, 0.1) is 12.7 Å². The van der Waals surface area contributed by atoms with Crippen LogP contribution in [0.4, 0.5) is 14.9 Å². The number of aromatic nitrogens is 1. The number of nitrogens with zero attached hydrogens (tertiary/aromatic N) is 4. The summed E-state index contributed by atoms with van der Waals surface area (Å²) in [6.07, 6.45) is 0. The summed E-state index contributed by atoms with van der Waals surface area (Å²) in [5.41, 5.74) is 1.40. The average Bonchev–Trinajstić information content (AvgIpc) is 3.57. The number of pyridine rings is 1. The number of imide groups is 1. The number of anilines is 1. The number of benzene rings is 1. The fourth-order valence-corrected chi connectivity index (χ4v) is 5.71. The first-order chi connectivity index (χ1) is 18.7. The van der Waals surface area contributed by atoms with Gasteiger partial charge in [0.1, 0.15) is 11.3 Å². The summed E-state index contributed by atoms with van der Waals surface area (Å²) in [6.45, 7) is 8.50. The molecule has 0 bridgehead atoms. The number of carbonyl (C=O) groups excluding carboxylic acids is 3. The van der Waals surface area contributed by atoms with E-state index in [1.807, 2.05) is 13.0 Å². The van der Waals surface area contributed by atoms with Gasteiger partial charge < -0.3 is 29.2 Å². The minimum absolute atomic E-state index is 0.0452. The van der Waals surface area contributed by atoms with Crippen LogP contribution in [0.5, 0.6) is 5.75 Å². The summed E-state index contributed by atoms with van der Waals surface area (Å²) in [4.78, 5) is 49.5. The van der Waals surface area contributed by atoms with E-state index < -0.39 is 29.2 Å². The minimum atomic E-state index is -1.71. The van der Waals surface area contributed by atoms with Crippen LogP contribution in [0.15, 0.2) is 28.7 Å². The Morgan fingerprint density at radius 2 is 1.92 bits per heavy atom. The van der Waals surface area contributed by atoms with Gasteiger partial charge in [-0.1, -0.05) is 13.0 Å². The van der Waals surface area contributed by atoms with Crippen LogP contribution >= 0.6 is 0 Å². The largest absolute Gasteiger partial charge is 0.494 e. The third-order valence-electron chi connectivity index (χ3n) is 7.89. The van der Waals surface area contributed by atoms with Crippen molar-refractivity contribution in [1.82, 2.24) is 25.4 Å². The van der Waals surface area contributed by atoms with E-state index in [2.05, 4.69) is 27.4 Å². The van der Waals surface area contributed by atoms with E-state index >= 15 is 0 Å². The van der Waals surface area contributed by atoms with Crippen LogP contribution in [0.2, 0.25) is 0 Å². The van der Waals surface area contributed by atoms with Crippen LogP contribution in [0.1, 0.15) is 34.3 Å². The number of hydrogen-bond donors (Lipinski definition) is 2. The number of likely N-dealkylation sites (N-methyl/N-ethyl adjacent to an activating group) is 1. The molecule has 0 unspecified atom stereocenters. The van der Waals surface area contributed by atoms with E-state index in [0.717, 1.165) is 44.1 Å². The predicted molar refractivity (Wildman–Crippen MR) is 139 cm³/mol. The summed E-state index contributed by atoms with van der Waals surface area (Å²) < 4.78 is 26.1. The molecule has 2 N–H and O–H groups in total. The highest BCUT2D eigenvalue weighted by Crippen LogP contribution is 2.37. The molecular weight excluding hydrogens is 507 g/mol. The topological polar surface area (TPSA) is 120 Å². The SMILES string of the molecule is CCN1CCN(c2cc3oc([C@]4(CN5Cc6ccc(OC)c(F)c6C5=O)NC(=O)NC4=O)cc3nc2C)CC1. The average molecular weight is 537 g/mol. The van der Waals surface area contributed by atoms with Crippen molar-refractivity contribution in [3.05, 3.63) is 52.7 Å². The zero-order chi connectivity index (χ0) is 27.5. The zero-order valence-corrected chi connectivity index (χ0v) is 22.0. The lowest BCUT2D eigenvalue weighted by Gasteiger charge is -2.35. The van der Waals surface area contributed by atoms with Gasteiger partial charge >= 0.3 is 6.03 Å². The predicted octanol–water partition coefficient (Wildman–Crippen LogP) is 2.12. The molecule has 11 nitrogen and oxygen atoms in total. The number of ether oxygens (including phenoxy) is 1. The first-order valence-corrected chi connectivity index (χ1v) is 12.9. The number of amides is 4. The Morgan fingerprint density at radius 1 is 1.15 bits per heavy atom.